The van der Waals surface area contributed by atoms with Gasteiger partial charge in [-0.3, -0.25) is 4.79 Å². The number of rotatable bonds is 5. The van der Waals surface area contributed by atoms with Gasteiger partial charge in [0.1, 0.15) is 0 Å². The molecule has 0 aromatic heterocycles. The zero-order valence-corrected chi connectivity index (χ0v) is 15.7. The Morgan fingerprint density at radius 3 is 2.61 bits per heavy atom. The van der Waals surface area contributed by atoms with Gasteiger partial charge in [-0.25, -0.2) is 8.42 Å². The van der Waals surface area contributed by atoms with Crippen molar-refractivity contribution in [3.05, 3.63) is 28.2 Å². The molecule has 0 atom stereocenters. The first-order chi connectivity index (χ1) is 10.9. The molecule has 6 nitrogen and oxygen atoms in total. The van der Waals surface area contributed by atoms with Gasteiger partial charge in [0.15, 0.2) is 0 Å². The molecule has 23 heavy (non-hydrogen) atoms. The van der Waals surface area contributed by atoms with Gasteiger partial charge in [-0.1, -0.05) is 6.92 Å². The molecule has 2 rings (SSSR count). The minimum Gasteiger partial charge on any atom is -0.379 e. The molecule has 0 aliphatic carbocycles. The normalized spacial score (nSPS) is 16.3. The number of amides is 1. The van der Waals surface area contributed by atoms with E-state index < -0.39 is 10.0 Å². The predicted octanol–water partition coefficient (Wildman–Crippen LogP) is 1.95. The minimum atomic E-state index is -3.65. The van der Waals surface area contributed by atoms with Crippen molar-refractivity contribution in [2.45, 2.75) is 18.2 Å². The Balaban J connectivity index is 2.35. The summed E-state index contributed by atoms with van der Waals surface area (Å²) in [6.45, 7) is 4.02. The van der Waals surface area contributed by atoms with Gasteiger partial charge in [-0.15, -0.1) is 0 Å². The van der Waals surface area contributed by atoms with Crippen LogP contribution in [0.1, 0.15) is 23.7 Å². The van der Waals surface area contributed by atoms with Crippen LogP contribution in [0, 0.1) is 0 Å². The van der Waals surface area contributed by atoms with Crippen molar-refractivity contribution in [2.75, 3.05) is 39.9 Å². The van der Waals surface area contributed by atoms with Crippen molar-refractivity contribution in [3.63, 3.8) is 0 Å². The first-order valence-electron chi connectivity index (χ1n) is 7.51. The monoisotopic (exact) mass is 404 g/mol. The van der Waals surface area contributed by atoms with Gasteiger partial charge in [0.2, 0.25) is 10.0 Å². The Hall–Kier alpha value is -0.960. The van der Waals surface area contributed by atoms with E-state index in [9.17, 15) is 13.2 Å². The number of nitrogens with zero attached hydrogens (tertiary/aromatic N) is 2. The fourth-order valence-electron chi connectivity index (χ4n) is 2.42. The molecule has 8 heteroatoms. The van der Waals surface area contributed by atoms with Gasteiger partial charge in [0.25, 0.3) is 5.91 Å². The summed E-state index contributed by atoms with van der Waals surface area (Å²) in [4.78, 5) is 14.1. The lowest BCUT2D eigenvalue weighted by Crippen LogP contribution is -2.40. The molecule has 1 saturated heterocycles. The van der Waals surface area contributed by atoms with Crippen LogP contribution in [0.2, 0.25) is 0 Å². The number of ether oxygens (including phenoxy) is 1. The number of halogens is 1. The number of carbonyl (C=O) groups is 1. The molecule has 0 bridgehead atoms. The predicted molar refractivity (Wildman–Crippen MR) is 91.0 cm³/mol. The fraction of sp³-hybridized carbons (Fsp3) is 0.533. The van der Waals surface area contributed by atoms with Crippen molar-refractivity contribution in [3.8, 4) is 0 Å². The molecule has 1 aromatic carbocycles. The Bertz CT molecular complexity index is 672. The van der Waals surface area contributed by atoms with E-state index in [0.29, 0.717) is 42.9 Å². The van der Waals surface area contributed by atoms with Crippen LogP contribution in [0.3, 0.4) is 0 Å². The van der Waals surface area contributed by atoms with E-state index in [1.807, 2.05) is 6.92 Å². The summed E-state index contributed by atoms with van der Waals surface area (Å²) in [6.07, 6.45) is 0.845. The van der Waals surface area contributed by atoms with E-state index in [-0.39, 0.29) is 10.8 Å². The maximum atomic E-state index is 12.8. The average molecular weight is 405 g/mol. The summed E-state index contributed by atoms with van der Waals surface area (Å²) >= 11 is 3.29. The SMILES string of the molecule is CCCN(C)C(=O)c1ccc(Br)c(S(=O)(=O)N2CCOCC2)c1. The second-order valence-electron chi connectivity index (χ2n) is 5.39. The molecule has 1 aliphatic heterocycles. The van der Waals surface area contributed by atoms with Crippen LogP contribution in [0.4, 0.5) is 0 Å². The quantitative estimate of drug-likeness (QED) is 0.751. The Morgan fingerprint density at radius 2 is 2.00 bits per heavy atom. The number of sulfonamides is 1. The van der Waals surface area contributed by atoms with Crippen molar-refractivity contribution in [1.82, 2.24) is 9.21 Å². The summed E-state index contributed by atoms with van der Waals surface area (Å²) in [5.41, 5.74) is 0.371. The Morgan fingerprint density at radius 1 is 1.35 bits per heavy atom. The summed E-state index contributed by atoms with van der Waals surface area (Å²) in [5, 5.41) is 0. The Kier molecular flexibility index (Phi) is 6.19. The standard InChI is InChI=1S/C15H21BrN2O4S/c1-3-6-17(2)15(19)12-4-5-13(16)14(11-12)23(20,21)18-7-9-22-10-8-18/h4-5,11H,3,6-10H2,1-2H3. The second-order valence-corrected chi connectivity index (χ2v) is 8.15. The number of morpholine rings is 1. The third-order valence-corrected chi connectivity index (χ3v) is 6.56. The van der Waals surface area contributed by atoms with Crippen LogP contribution in [0.5, 0.6) is 0 Å². The molecule has 0 unspecified atom stereocenters. The third kappa shape index (κ3) is 4.12. The van der Waals surface area contributed by atoms with Crippen molar-refractivity contribution in [1.29, 1.82) is 0 Å². The van der Waals surface area contributed by atoms with E-state index >= 15 is 0 Å². The van der Waals surface area contributed by atoms with Crippen LogP contribution in [0.15, 0.2) is 27.6 Å². The zero-order chi connectivity index (χ0) is 17.0. The molecular formula is C15H21BrN2O4S. The average Bonchev–Trinajstić information content (AvgIpc) is 2.55. The highest BCUT2D eigenvalue weighted by atomic mass is 79.9. The van der Waals surface area contributed by atoms with Gasteiger partial charge in [0, 0.05) is 36.7 Å². The molecule has 0 N–H and O–H groups in total. The Labute approximate surface area is 145 Å². The topological polar surface area (TPSA) is 66.9 Å². The molecule has 128 valence electrons. The highest BCUT2D eigenvalue weighted by Gasteiger charge is 2.29. The molecular weight excluding hydrogens is 384 g/mol. The van der Waals surface area contributed by atoms with E-state index in [4.69, 9.17) is 4.74 Å². The van der Waals surface area contributed by atoms with Gasteiger partial charge in [-0.05, 0) is 40.5 Å². The highest BCUT2D eigenvalue weighted by molar-refractivity contribution is 9.10. The number of benzene rings is 1. The molecule has 1 amide bonds. The van der Waals surface area contributed by atoms with Gasteiger partial charge in [-0.2, -0.15) is 4.31 Å². The van der Waals surface area contributed by atoms with Crippen LogP contribution < -0.4 is 0 Å². The second kappa shape index (κ2) is 7.74. The van der Waals surface area contributed by atoms with Gasteiger partial charge in [0.05, 0.1) is 18.1 Å². The van der Waals surface area contributed by atoms with Gasteiger partial charge < -0.3 is 9.64 Å². The van der Waals surface area contributed by atoms with E-state index in [1.165, 1.54) is 10.4 Å². The molecule has 1 aliphatic rings. The van der Waals surface area contributed by atoms with Crippen LogP contribution in [-0.2, 0) is 14.8 Å². The van der Waals surface area contributed by atoms with E-state index in [1.54, 1.807) is 24.1 Å². The lowest BCUT2D eigenvalue weighted by Gasteiger charge is -2.26. The van der Waals surface area contributed by atoms with Crippen molar-refractivity contribution < 1.29 is 17.9 Å². The summed E-state index contributed by atoms with van der Waals surface area (Å²) in [7, 11) is -1.94. The lowest BCUT2D eigenvalue weighted by molar-refractivity contribution is 0.0730. The molecule has 1 heterocycles. The zero-order valence-electron chi connectivity index (χ0n) is 13.3. The molecule has 1 fully saturated rings. The number of hydrogen-bond acceptors (Lipinski definition) is 4. The van der Waals surface area contributed by atoms with E-state index in [0.717, 1.165) is 6.42 Å². The van der Waals surface area contributed by atoms with Gasteiger partial charge >= 0.3 is 0 Å². The smallest absolute Gasteiger partial charge is 0.253 e. The van der Waals surface area contributed by atoms with Crippen LogP contribution >= 0.6 is 15.9 Å². The van der Waals surface area contributed by atoms with E-state index in [2.05, 4.69) is 15.9 Å². The van der Waals surface area contributed by atoms with Crippen molar-refractivity contribution >= 4 is 31.9 Å². The summed E-state index contributed by atoms with van der Waals surface area (Å²) in [6, 6.07) is 4.70. The fourth-order valence-corrected chi connectivity index (χ4v) is 4.78. The minimum absolute atomic E-state index is 0.121. The van der Waals surface area contributed by atoms with Crippen LogP contribution in [0.25, 0.3) is 0 Å². The van der Waals surface area contributed by atoms with Crippen molar-refractivity contribution in [2.24, 2.45) is 0 Å². The first-order valence-corrected chi connectivity index (χ1v) is 9.74. The first kappa shape index (κ1) is 18.4. The lowest BCUT2D eigenvalue weighted by atomic mass is 10.2. The summed E-state index contributed by atoms with van der Waals surface area (Å²) in [5.74, 6) is -0.183. The highest BCUT2D eigenvalue weighted by Crippen LogP contribution is 2.27. The largest absolute Gasteiger partial charge is 0.379 e. The van der Waals surface area contributed by atoms with Crippen LogP contribution in [-0.4, -0.2) is 63.4 Å². The third-order valence-electron chi connectivity index (χ3n) is 3.67. The molecule has 0 saturated carbocycles. The molecule has 0 spiro atoms. The summed E-state index contributed by atoms with van der Waals surface area (Å²) < 4.78 is 32.6. The number of hydrogen-bond donors (Lipinski definition) is 0. The molecule has 0 radical (unpaired) electrons. The maximum absolute atomic E-state index is 12.8. The maximum Gasteiger partial charge on any atom is 0.253 e. The number of carbonyl (C=O) groups excluding carboxylic acids is 1. The molecule has 1 aromatic rings.